The Labute approximate surface area is 130 Å². The fraction of sp³-hybridized carbons (Fsp3) is 0.0455. The monoisotopic (exact) mass is 279 g/mol. The molecule has 0 heterocycles. The summed E-state index contributed by atoms with van der Waals surface area (Å²) in [5.74, 6) is 1.36. The molecule has 0 unspecified atom stereocenters. The standard InChI is InChI=1S/C22H15/c1-3-8-17-15(6-1)12-13-21(17)20-11-5-10-19-18-9-4-2-7-16(18)14-22(19)20/h1-13H,14H2. The van der Waals surface area contributed by atoms with E-state index < -0.39 is 0 Å². The minimum Gasteiger partial charge on any atom is -0.0674 e. The lowest BCUT2D eigenvalue weighted by atomic mass is 9.88. The van der Waals surface area contributed by atoms with Gasteiger partial charge in [-0.15, -0.1) is 0 Å². The van der Waals surface area contributed by atoms with Gasteiger partial charge in [-0.3, -0.25) is 0 Å². The number of hydrogen-bond acceptors (Lipinski definition) is 0. The van der Waals surface area contributed by atoms with Crippen LogP contribution in [0.1, 0.15) is 27.8 Å². The molecule has 0 N–H and O–H groups in total. The van der Waals surface area contributed by atoms with Crippen molar-refractivity contribution >= 4 is 6.08 Å². The minimum atomic E-state index is 1.04. The van der Waals surface area contributed by atoms with Gasteiger partial charge in [0.2, 0.25) is 0 Å². The predicted octanol–water partition coefficient (Wildman–Crippen LogP) is 5.26. The summed E-state index contributed by atoms with van der Waals surface area (Å²) >= 11 is 0. The van der Waals surface area contributed by atoms with Crippen LogP contribution in [0.4, 0.5) is 0 Å². The Morgan fingerprint density at radius 3 is 2.23 bits per heavy atom. The average molecular weight is 279 g/mol. The molecule has 0 atom stereocenters. The van der Waals surface area contributed by atoms with Crippen LogP contribution in [0.15, 0.2) is 72.8 Å². The summed E-state index contributed by atoms with van der Waals surface area (Å²) in [4.78, 5) is 0. The molecule has 0 spiro atoms. The Morgan fingerprint density at radius 1 is 0.545 bits per heavy atom. The molecule has 0 heteroatoms. The van der Waals surface area contributed by atoms with E-state index in [9.17, 15) is 0 Å². The molecule has 0 bridgehead atoms. The smallest absolute Gasteiger partial charge is 0.0566 e. The van der Waals surface area contributed by atoms with Gasteiger partial charge in [-0.25, -0.2) is 0 Å². The summed E-state index contributed by atoms with van der Waals surface area (Å²) in [5.41, 5.74) is 9.78. The highest BCUT2D eigenvalue weighted by Gasteiger charge is 2.26. The lowest BCUT2D eigenvalue weighted by Gasteiger charge is -2.15. The lowest BCUT2D eigenvalue weighted by Crippen LogP contribution is -2.01. The van der Waals surface area contributed by atoms with Crippen molar-refractivity contribution in [2.45, 2.75) is 6.42 Å². The zero-order valence-electron chi connectivity index (χ0n) is 12.2. The van der Waals surface area contributed by atoms with E-state index in [0.29, 0.717) is 0 Å². The molecule has 1 radical (unpaired) electrons. The zero-order valence-corrected chi connectivity index (χ0v) is 12.2. The highest BCUT2D eigenvalue weighted by molar-refractivity contribution is 5.82. The summed E-state index contributed by atoms with van der Waals surface area (Å²) in [6.45, 7) is 0. The van der Waals surface area contributed by atoms with Crippen LogP contribution in [0.25, 0.3) is 17.2 Å². The third-order valence-corrected chi connectivity index (χ3v) is 4.82. The second-order valence-electron chi connectivity index (χ2n) is 6.00. The average Bonchev–Trinajstić information content (AvgIpc) is 3.16. The first-order valence-corrected chi connectivity index (χ1v) is 7.77. The topological polar surface area (TPSA) is 0 Å². The third-order valence-electron chi connectivity index (χ3n) is 4.82. The van der Waals surface area contributed by atoms with Crippen molar-refractivity contribution in [1.29, 1.82) is 0 Å². The van der Waals surface area contributed by atoms with Gasteiger partial charge < -0.3 is 0 Å². The van der Waals surface area contributed by atoms with E-state index in [2.05, 4.69) is 78.9 Å². The van der Waals surface area contributed by atoms with Gasteiger partial charge in [0.15, 0.2) is 0 Å². The van der Waals surface area contributed by atoms with Gasteiger partial charge in [0, 0.05) is 0 Å². The van der Waals surface area contributed by atoms with Gasteiger partial charge in [0.05, 0.1) is 5.92 Å². The molecule has 0 nitrogen and oxygen atoms in total. The van der Waals surface area contributed by atoms with Crippen LogP contribution in [0, 0.1) is 5.92 Å². The second kappa shape index (κ2) is 4.45. The molecule has 5 rings (SSSR count). The van der Waals surface area contributed by atoms with Gasteiger partial charge in [-0.05, 0) is 45.4 Å². The van der Waals surface area contributed by atoms with Crippen molar-refractivity contribution in [1.82, 2.24) is 0 Å². The van der Waals surface area contributed by atoms with E-state index in [0.717, 1.165) is 6.42 Å². The molecule has 0 aliphatic heterocycles. The molecular formula is C22H15. The Hall–Kier alpha value is -2.60. The number of rotatable bonds is 1. The van der Waals surface area contributed by atoms with E-state index in [-0.39, 0.29) is 0 Å². The van der Waals surface area contributed by atoms with E-state index in [1.165, 1.54) is 44.9 Å². The molecule has 0 fully saturated rings. The Morgan fingerprint density at radius 2 is 1.27 bits per heavy atom. The minimum absolute atomic E-state index is 1.04. The second-order valence-corrected chi connectivity index (χ2v) is 6.00. The number of benzene rings is 3. The molecule has 0 saturated heterocycles. The van der Waals surface area contributed by atoms with Crippen LogP contribution in [-0.4, -0.2) is 0 Å². The van der Waals surface area contributed by atoms with Gasteiger partial charge in [0.1, 0.15) is 0 Å². The fourth-order valence-corrected chi connectivity index (χ4v) is 3.80. The lowest BCUT2D eigenvalue weighted by molar-refractivity contribution is 1.19. The van der Waals surface area contributed by atoms with Crippen molar-refractivity contribution in [2.24, 2.45) is 0 Å². The number of allylic oxidation sites excluding steroid dienone is 1. The normalized spacial score (nSPS) is 14.7. The highest BCUT2D eigenvalue weighted by Crippen LogP contribution is 2.43. The van der Waals surface area contributed by atoms with Gasteiger partial charge in [-0.1, -0.05) is 78.9 Å². The van der Waals surface area contributed by atoms with E-state index in [1.54, 1.807) is 0 Å². The van der Waals surface area contributed by atoms with Crippen LogP contribution in [0.5, 0.6) is 0 Å². The summed E-state index contributed by atoms with van der Waals surface area (Å²) < 4.78 is 0. The number of fused-ring (bicyclic) bond motifs is 4. The Kier molecular flexibility index (Phi) is 2.42. The maximum absolute atomic E-state index is 2.27. The van der Waals surface area contributed by atoms with Crippen molar-refractivity contribution in [3.8, 4) is 11.1 Å². The molecule has 103 valence electrons. The summed E-state index contributed by atoms with van der Waals surface area (Å²) in [6, 6.07) is 24.2. The van der Waals surface area contributed by atoms with Gasteiger partial charge in [-0.2, -0.15) is 0 Å². The quantitative estimate of drug-likeness (QED) is 0.446. The molecule has 0 amide bonds. The van der Waals surface area contributed by atoms with Crippen molar-refractivity contribution < 1.29 is 0 Å². The first-order valence-electron chi connectivity index (χ1n) is 7.77. The Bertz CT molecular complexity index is 915. The molecule has 22 heavy (non-hydrogen) atoms. The van der Waals surface area contributed by atoms with Gasteiger partial charge in [0.25, 0.3) is 0 Å². The van der Waals surface area contributed by atoms with Crippen LogP contribution in [0.3, 0.4) is 0 Å². The van der Waals surface area contributed by atoms with E-state index in [1.807, 2.05) is 0 Å². The SMILES string of the molecule is C1=Cc2ccccc2[C]1c1cccc2c1Cc1ccccc1-2. The summed E-state index contributed by atoms with van der Waals surface area (Å²) in [5, 5.41) is 0. The van der Waals surface area contributed by atoms with Crippen LogP contribution >= 0.6 is 0 Å². The fourth-order valence-electron chi connectivity index (χ4n) is 3.80. The molecule has 0 aromatic heterocycles. The Balaban J connectivity index is 1.69. The van der Waals surface area contributed by atoms with Crippen molar-refractivity contribution in [3.05, 3.63) is 107 Å². The number of hydrogen-bond donors (Lipinski definition) is 0. The first kappa shape index (κ1) is 12.0. The van der Waals surface area contributed by atoms with E-state index >= 15 is 0 Å². The van der Waals surface area contributed by atoms with Crippen molar-refractivity contribution in [3.63, 3.8) is 0 Å². The van der Waals surface area contributed by atoms with Crippen LogP contribution in [0.2, 0.25) is 0 Å². The van der Waals surface area contributed by atoms with Crippen molar-refractivity contribution in [2.75, 3.05) is 0 Å². The molecular weight excluding hydrogens is 264 g/mol. The van der Waals surface area contributed by atoms with Crippen LogP contribution < -0.4 is 0 Å². The molecule has 0 saturated carbocycles. The maximum atomic E-state index is 2.27. The molecule has 2 aliphatic rings. The highest BCUT2D eigenvalue weighted by atomic mass is 14.3. The summed E-state index contributed by atoms with van der Waals surface area (Å²) in [7, 11) is 0. The van der Waals surface area contributed by atoms with Gasteiger partial charge >= 0.3 is 0 Å². The predicted molar refractivity (Wildman–Crippen MR) is 91.6 cm³/mol. The zero-order chi connectivity index (χ0) is 14.5. The largest absolute Gasteiger partial charge is 0.0674 e. The van der Waals surface area contributed by atoms with E-state index in [4.69, 9.17) is 0 Å². The maximum Gasteiger partial charge on any atom is 0.0566 e. The molecule has 2 aliphatic carbocycles. The first-order chi connectivity index (χ1) is 10.9. The van der Waals surface area contributed by atoms with Crippen LogP contribution in [-0.2, 0) is 6.42 Å². The summed E-state index contributed by atoms with van der Waals surface area (Å²) in [6.07, 6.45) is 5.54. The molecule has 3 aromatic carbocycles. The molecule has 3 aromatic rings. The third kappa shape index (κ3) is 1.58.